The molecule has 1 aromatic carbocycles. The third-order valence-corrected chi connectivity index (χ3v) is 5.75. The molecule has 3 aromatic heterocycles. The van der Waals surface area contributed by atoms with Gasteiger partial charge in [-0.2, -0.15) is 5.10 Å². The fraction of sp³-hybridized carbons (Fsp3) is 0.385. The van der Waals surface area contributed by atoms with E-state index in [1.807, 2.05) is 29.9 Å². The molecular weight excluding hydrogens is 461 g/mol. The van der Waals surface area contributed by atoms with E-state index in [0.717, 1.165) is 30.5 Å². The van der Waals surface area contributed by atoms with Gasteiger partial charge in [0.25, 0.3) is 0 Å². The molecule has 0 bridgehead atoms. The lowest BCUT2D eigenvalue weighted by atomic mass is 10.2. The molecule has 190 valence electrons. The smallest absolute Gasteiger partial charge is 0.190 e. The molecule has 0 amide bonds. The van der Waals surface area contributed by atoms with Crippen molar-refractivity contribution in [2.75, 3.05) is 20.8 Å². The topological polar surface area (TPSA) is 91.4 Å². The maximum Gasteiger partial charge on any atom is 0.190 e. The molecule has 0 aliphatic rings. The number of rotatable bonds is 10. The lowest BCUT2D eigenvalue weighted by molar-refractivity contribution is 0.374. The van der Waals surface area contributed by atoms with Gasteiger partial charge in [-0.05, 0) is 31.5 Å². The van der Waals surface area contributed by atoms with E-state index >= 15 is 4.39 Å². The van der Waals surface area contributed by atoms with Gasteiger partial charge in [-0.25, -0.2) is 14.4 Å². The van der Waals surface area contributed by atoms with Crippen LogP contribution < -0.4 is 20.3 Å². The van der Waals surface area contributed by atoms with Crippen LogP contribution in [0.25, 0.3) is 22.4 Å². The SMILES string of the molecule is COc1cc(N=c2ccc3ncc(-c4cnn(C)c4)nc3n2CCCCNC(C)C)c(F)c(OC)c1. The van der Waals surface area contributed by atoms with E-state index < -0.39 is 5.82 Å². The minimum absolute atomic E-state index is 0.0684. The number of aromatic nitrogens is 5. The van der Waals surface area contributed by atoms with Crippen LogP contribution in [0.4, 0.5) is 10.1 Å². The Morgan fingerprint density at radius 1 is 1.11 bits per heavy atom. The van der Waals surface area contributed by atoms with E-state index in [2.05, 4.69) is 34.2 Å². The van der Waals surface area contributed by atoms with E-state index in [-0.39, 0.29) is 11.4 Å². The molecule has 0 aliphatic carbocycles. The van der Waals surface area contributed by atoms with Crippen LogP contribution in [-0.2, 0) is 13.6 Å². The minimum Gasteiger partial charge on any atom is -0.497 e. The zero-order chi connectivity index (χ0) is 25.7. The van der Waals surface area contributed by atoms with Gasteiger partial charge in [0.15, 0.2) is 17.2 Å². The number of ether oxygens (including phenoxy) is 2. The Bertz CT molecular complexity index is 1410. The Balaban J connectivity index is 1.83. The zero-order valence-electron chi connectivity index (χ0n) is 21.3. The summed E-state index contributed by atoms with van der Waals surface area (Å²) in [7, 11) is 4.79. The fourth-order valence-electron chi connectivity index (χ4n) is 3.88. The number of benzene rings is 1. The molecule has 0 unspecified atom stereocenters. The number of pyridine rings is 1. The summed E-state index contributed by atoms with van der Waals surface area (Å²) < 4.78 is 29.3. The number of hydrogen-bond acceptors (Lipinski definition) is 7. The highest BCUT2D eigenvalue weighted by molar-refractivity contribution is 5.73. The number of fused-ring (bicyclic) bond motifs is 1. The van der Waals surface area contributed by atoms with E-state index in [4.69, 9.17) is 14.5 Å². The van der Waals surface area contributed by atoms with Gasteiger partial charge in [-0.1, -0.05) is 13.8 Å². The number of methoxy groups -OCH3 is 2. The van der Waals surface area contributed by atoms with E-state index in [9.17, 15) is 0 Å². The highest BCUT2D eigenvalue weighted by Gasteiger charge is 2.13. The third-order valence-electron chi connectivity index (χ3n) is 5.75. The maximum absolute atomic E-state index is 15.1. The van der Waals surface area contributed by atoms with Gasteiger partial charge in [-0.15, -0.1) is 0 Å². The zero-order valence-corrected chi connectivity index (χ0v) is 21.3. The molecule has 0 radical (unpaired) electrons. The Hall–Kier alpha value is -3.79. The normalized spacial score (nSPS) is 12.0. The molecule has 0 fully saturated rings. The monoisotopic (exact) mass is 493 g/mol. The van der Waals surface area contributed by atoms with Crippen molar-refractivity contribution in [1.29, 1.82) is 0 Å². The van der Waals surface area contributed by atoms with E-state index in [0.29, 0.717) is 35.2 Å². The lowest BCUT2D eigenvalue weighted by Crippen LogP contribution is -2.25. The van der Waals surface area contributed by atoms with Gasteiger partial charge < -0.3 is 19.4 Å². The second-order valence-corrected chi connectivity index (χ2v) is 8.80. The fourth-order valence-corrected chi connectivity index (χ4v) is 3.88. The van der Waals surface area contributed by atoms with Crippen LogP contribution in [0, 0.1) is 5.82 Å². The van der Waals surface area contributed by atoms with E-state index in [1.54, 1.807) is 23.1 Å². The van der Waals surface area contributed by atoms with Crippen LogP contribution in [-0.4, -0.2) is 51.1 Å². The summed E-state index contributed by atoms with van der Waals surface area (Å²) in [5.41, 5.74) is 3.65. The van der Waals surface area contributed by atoms with Crippen LogP contribution in [0.3, 0.4) is 0 Å². The molecule has 10 heteroatoms. The van der Waals surface area contributed by atoms with Crippen molar-refractivity contribution in [2.24, 2.45) is 12.0 Å². The summed E-state index contributed by atoms with van der Waals surface area (Å²) >= 11 is 0. The molecule has 3 heterocycles. The highest BCUT2D eigenvalue weighted by Crippen LogP contribution is 2.32. The standard InChI is InChI=1S/C26H32FN7O2/c1-17(2)28-10-6-7-11-34-24(31-21-12-19(35-4)13-23(36-5)25(21)27)9-8-20-26(34)32-22(15-29-20)18-14-30-33(3)16-18/h8-9,12-17,28H,6-7,10-11H2,1-5H3. The number of nitrogens with zero attached hydrogens (tertiary/aromatic N) is 6. The predicted molar refractivity (Wildman–Crippen MR) is 137 cm³/mol. The largest absolute Gasteiger partial charge is 0.497 e. The van der Waals surface area contributed by atoms with Gasteiger partial charge in [0.2, 0.25) is 0 Å². The Labute approximate surface area is 209 Å². The maximum atomic E-state index is 15.1. The number of hydrogen-bond donors (Lipinski definition) is 1. The van der Waals surface area contributed by atoms with Gasteiger partial charge >= 0.3 is 0 Å². The summed E-state index contributed by atoms with van der Waals surface area (Å²) in [5.74, 6) is -0.0297. The first kappa shape index (κ1) is 25.3. The van der Waals surface area contributed by atoms with Crippen LogP contribution in [0.1, 0.15) is 26.7 Å². The lowest BCUT2D eigenvalue weighted by Gasteiger charge is -2.13. The molecule has 4 aromatic rings. The first-order valence-corrected chi connectivity index (χ1v) is 11.9. The number of nitrogens with one attached hydrogen (secondary N) is 1. The van der Waals surface area contributed by atoms with Crippen molar-refractivity contribution in [3.8, 4) is 22.8 Å². The van der Waals surface area contributed by atoms with Crippen LogP contribution >= 0.6 is 0 Å². The first-order valence-electron chi connectivity index (χ1n) is 11.9. The van der Waals surface area contributed by atoms with Crippen molar-refractivity contribution in [3.63, 3.8) is 0 Å². The average Bonchev–Trinajstić information content (AvgIpc) is 3.31. The third kappa shape index (κ3) is 5.71. The van der Waals surface area contributed by atoms with Crippen molar-refractivity contribution in [2.45, 2.75) is 39.3 Å². The Morgan fingerprint density at radius 3 is 2.64 bits per heavy atom. The summed E-state index contributed by atoms with van der Waals surface area (Å²) in [6.07, 6.45) is 7.24. The summed E-state index contributed by atoms with van der Waals surface area (Å²) in [4.78, 5) is 14.2. The minimum atomic E-state index is -0.554. The highest BCUT2D eigenvalue weighted by atomic mass is 19.1. The summed E-state index contributed by atoms with van der Waals surface area (Å²) in [6, 6.07) is 7.16. The van der Waals surface area contributed by atoms with Gasteiger partial charge in [-0.3, -0.25) is 9.67 Å². The number of unbranched alkanes of at least 4 members (excludes halogenated alkanes) is 1. The summed E-state index contributed by atoms with van der Waals surface area (Å²) in [6.45, 7) is 5.81. The van der Waals surface area contributed by atoms with Crippen LogP contribution in [0.5, 0.6) is 11.5 Å². The predicted octanol–water partition coefficient (Wildman–Crippen LogP) is 4.00. The first-order chi connectivity index (χ1) is 17.4. The number of aryl methyl sites for hydroxylation is 2. The van der Waals surface area contributed by atoms with E-state index in [1.165, 1.54) is 20.3 Å². The van der Waals surface area contributed by atoms with Crippen LogP contribution in [0.2, 0.25) is 0 Å². The molecule has 0 atom stereocenters. The molecule has 1 N–H and O–H groups in total. The van der Waals surface area contributed by atoms with Crippen molar-refractivity contribution < 1.29 is 13.9 Å². The Kier molecular flexibility index (Phi) is 7.94. The quantitative estimate of drug-likeness (QED) is 0.336. The second kappa shape index (κ2) is 11.3. The summed E-state index contributed by atoms with van der Waals surface area (Å²) in [5, 5.41) is 7.69. The molecular formula is C26H32FN7O2. The molecule has 4 rings (SSSR count). The average molecular weight is 494 g/mol. The molecule has 0 spiro atoms. The molecule has 0 saturated heterocycles. The second-order valence-electron chi connectivity index (χ2n) is 8.80. The van der Waals surface area contributed by atoms with Gasteiger partial charge in [0.1, 0.15) is 22.4 Å². The van der Waals surface area contributed by atoms with Gasteiger partial charge in [0, 0.05) is 43.5 Å². The molecule has 9 nitrogen and oxygen atoms in total. The van der Waals surface area contributed by atoms with Gasteiger partial charge in [0.05, 0.1) is 32.3 Å². The van der Waals surface area contributed by atoms with Crippen LogP contribution in [0.15, 0.2) is 47.8 Å². The van der Waals surface area contributed by atoms with Crippen molar-refractivity contribution in [1.82, 2.24) is 29.6 Å². The van der Waals surface area contributed by atoms with Crippen molar-refractivity contribution >= 4 is 16.9 Å². The molecule has 36 heavy (non-hydrogen) atoms. The Morgan fingerprint density at radius 2 is 1.94 bits per heavy atom. The van der Waals surface area contributed by atoms with Crippen molar-refractivity contribution in [3.05, 3.63) is 54.2 Å². The molecule has 0 saturated carbocycles. The molecule has 0 aliphatic heterocycles. The number of halogens is 1.